The first kappa shape index (κ1) is 17.6. The Morgan fingerprint density at radius 3 is 2.76 bits per heavy atom. The third kappa shape index (κ3) is 5.11. The predicted octanol–water partition coefficient (Wildman–Crippen LogP) is 4.48. The quantitative estimate of drug-likeness (QED) is 0.641. The summed E-state index contributed by atoms with van der Waals surface area (Å²) in [5.74, 6) is 0.638. The van der Waals surface area contributed by atoms with Crippen LogP contribution in [0.4, 0.5) is 5.13 Å². The molecule has 1 aromatic heterocycles. The maximum Gasteiger partial charge on any atom is 0.257 e. The number of amides is 1. The van der Waals surface area contributed by atoms with Gasteiger partial charge in [-0.25, -0.2) is 0 Å². The summed E-state index contributed by atoms with van der Waals surface area (Å²) in [6, 6.07) is 15.0. The number of ether oxygens (including phenoxy) is 1. The molecule has 0 spiro atoms. The highest BCUT2D eigenvalue weighted by atomic mass is 79.9. The molecule has 0 saturated heterocycles. The van der Waals surface area contributed by atoms with E-state index in [1.54, 1.807) is 12.1 Å². The van der Waals surface area contributed by atoms with Crippen LogP contribution in [0.5, 0.6) is 5.75 Å². The van der Waals surface area contributed by atoms with Gasteiger partial charge in [0.1, 0.15) is 10.8 Å². The minimum absolute atomic E-state index is 0.203. The molecule has 1 amide bonds. The van der Waals surface area contributed by atoms with Crippen molar-refractivity contribution < 1.29 is 9.53 Å². The van der Waals surface area contributed by atoms with E-state index in [0.29, 0.717) is 23.7 Å². The monoisotopic (exact) mass is 417 g/mol. The SMILES string of the molecule is Cc1cccc(OCCc2nnc(NC(=O)c3ccc(Br)cc3)s2)c1. The molecular formula is C18H16BrN3O2S. The number of halogens is 1. The lowest BCUT2D eigenvalue weighted by Gasteiger charge is -2.04. The number of nitrogens with one attached hydrogen (secondary N) is 1. The number of benzene rings is 2. The summed E-state index contributed by atoms with van der Waals surface area (Å²) in [6.45, 7) is 2.54. The van der Waals surface area contributed by atoms with Crippen LogP contribution in [0.2, 0.25) is 0 Å². The molecule has 0 aliphatic carbocycles. The van der Waals surface area contributed by atoms with Gasteiger partial charge in [-0.05, 0) is 48.9 Å². The Kier molecular flexibility index (Phi) is 5.78. The number of hydrogen-bond acceptors (Lipinski definition) is 5. The van der Waals surface area contributed by atoms with Crippen LogP contribution < -0.4 is 10.1 Å². The van der Waals surface area contributed by atoms with E-state index in [1.807, 2.05) is 43.3 Å². The molecule has 3 aromatic rings. The van der Waals surface area contributed by atoms with Gasteiger partial charge in [-0.2, -0.15) is 0 Å². The van der Waals surface area contributed by atoms with Crippen LogP contribution in [-0.4, -0.2) is 22.7 Å². The van der Waals surface area contributed by atoms with Crippen molar-refractivity contribution in [2.45, 2.75) is 13.3 Å². The van der Waals surface area contributed by atoms with Crippen LogP contribution in [0.15, 0.2) is 53.0 Å². The van der Waals surface area contributed by atoms with Gasteiger partial charge in [0.25, 0.3) is 5.91 Å². The summed E-state index contributed by atoms with van der Waals surface area (Å²) in [6.07, 6.45) is 0.639. The number of aromatic nitrogens is 2. The summed E-state index contributed by atoms with van der Waals surface area (Å²) < 4.78 is 6.64. The second-order valence-electron chi connectivity index (χ2n) is 5.38. The van der Waals surface area contributed by atoms with Gasteiger partial charge in [0, 0.05) is 16.5 Å². The third-order valence-electron chi connectivity index (χ3n) is 3.37. The second kappa shape index (κ2) is 8.22. The Hall–Kier alpha value is -2.25. The molecule has 0 saturated carbocycles. The molecular weight excluding hydrogens is 402 g/mol. The Bertz CT molecular complexity index is 865. The molecule has 1 N–H and O–H groups in total. The van der Waals surface area contributed by atoms with Crippen molar-refractivity contribution in [3.63, 3.8) is 0 Å². The van der Waals surface area contributed by atoms with Crippen molar-refractivity contribution >= 4 is 38.3 Å². The van der Waals surface area contributed by atoms with Crippen LogP contribution in [0.3, 0.4) is 0 Å². The largest absolute Gasteiger partial charge is 0.493 e. The van der Waals surface area contributed by atoms with E-state index in [9.17, 15) is 4.79 Å². The molecule has 0 aliphatic rings. The van der Waals surface area contributed by atoms with Crippen molar-refractivity contribution in [2.24, 2.45) is 0 Å². The van der Waals surface area contributed by atoms with Gasteiger partial charge in [-0.3, -0.25) is 10.1 Å². The lowest BCUT2D eigenvalue weighted by Crippen LogP contribution is -2.11. The van der Waals surface area contributed by atoms with E-state index < -0.39 is 0 Å². The van der Waals surface area contributed by atoms with Crippen molar-refractivity contribution in [2.75, 3.05) is 11.9 Å². The first-order valence-corrected chi connectivity index (χ1v) is 9.30. The van der Waals surface area contributed by atoms with Crippen LogP contribution in [-0.2, 0) is 6.42 Å². The summed E-state index contributed by atoms with van der Waals surface area (Å²) in [7, 11) is 0. The minimum atomic E-state index is -0.203. The highest BCUT2D eigenvalue weighted by Crippen LogP contribution is 2.18. The predicted molar refractivity (Wildman–Crippen MR) is 102 cm³/mol. The number of carbonyl (C=O) groups is 1. The van der Waals surface area contributed by atoms with Gasteiger partial charge in [0.05, 0.1) is 6.61 Å². The standard InChI is InChI=1S/C18H16BrN3O2S/c1-12-3-2-4-15(11-12)24-10-9-16-21-22-18(25-16)20-17(23)13-5-7-14(19)8-6-13/h2-8,11H,9-10H2,1H3,(H,20,22,23). The summed E-state index contributed by atoms with van der Waals surface area (Å²) >= 11 is 4.70. The van der Waals surface area contributed by atoms with E-state index in [0.717, 1.165) is 20.8 Å². The number of hydrogen-bond donors (Lipinski definition) is 1. The molecule has 0 aliphatic heterocycles. The fourth-order valence-corrected chi connectivity index (χ4v) is 3.12. The first-order valence-electron chi connectivity index (χ1n) is 7.69. The second-order valence-corrected chi connectivity index (χ2v) is 7.35. The molecule has 5 nitrogen and oxygen atoms in total. The number of rotatable bonds is 6. The summed E-state index contributed by atoms with van der Waals surface area (Å²) in [5.41, 5.74) is 1.73. The van der Waals surface area contributed by atoms with E-state index >= 15 is 0 Å². The molecule has 0 bridgehead atoms. The van der Waals surface area contributed by atoms with E-state index in [1.165, 1.54) is 11.3 Å². The van der Waals surface area contributed by atoms with Gasteiger partial charge in [0.2, 0.25) is 5.13 Å². The van der Waals surface area contributed by atoms with E-state index in [2.05, 4.69) is 31.4 Å². The Balaban J connectivity index is 1.52. The number of anilines is 1. The Morgan fingerprint density at radius 1 is 1.20 bits per heavy atom. The van der Waals surface area contributed by atoms with Crippen LogP contribution >= 0.6 is 27.3 Å². The Labute approximate surface area is 158 Å². The zero-order valence-corrected chi connectivity index (χ0v) is 15.9. The fraction of sp³-hybridized carbons (Fsp3) is 0.167. The van der Waals surface area contributed by atoms with Crippen molar-refractivity contribution in [3.05, 3.63) is 69.1 Å². The maximum absolute atomic E-state index is 12.2. The normalized spacial score (nSPS) is 10.5. The average molecular weight is 418 g/mol. The number of nitrogens with zero attached hydrogens (tertiary/aromatic N) is 2. The fourth-order valence-electron chi connectivity index (χ4n) is 2.14. The molecule has 25 heavy (non-hydrogen) atoms. The molecule has 128 valence electrons. The number of carbonyl (C=O) groups excluding carboxylic acids is 1. The van der Waals surface area contributed by atoms with Crippen LogP contribution in [0.25, 0.3) is 0 Å². The van der Waals surface area contributed by atoms with Crippen LogP contribution in [0.1, 0.15) is 20.9 Å². The van der Waals surface area contributed by atoms with Crippen LogP contribution in [0, 0.1) is 6.92 Å². The van der Waals surface area contributed by atoms with E-state index in [4.69, 9.17) is 4.74 Å². The third-order valence-corrected chi connectivity index (χ3v) is 4.80. The molecule has 0 atom stereocenters. The molecule has 3 rings (SSSR count). The Morgan fingerprint density at radius 2 is 2.00 bits per heavy atom. The minimum Gasteiger partial charge on any atom is -0.493 e. The molecule has 7 heteroatoms. The van der Waals surface area contributed by atoms with Gasteiger partial charge < -0.3 is 4.74 Å². The highest BCUT2D eigenvalue weighted by molar-refractivity contribution is 9.10. The zero-order chi connectivity index (χ0) is 17.6. The lowest BCUT2D eigenvalue weighted by molar-refractivity contribution is 0.102. The van der Waals surface area contributed by atoms with Gasteiger partial charge in [-0.1, -0.05) is 39.4 Å². The van der Waals surface area contributed by atoms with Gasteiger partial charge >= 0.3 is 0 Å². The molecule has 1 heterocycles. The first-order chi connectivity index (χ1) is 12.1. The summed E-state index contributed by atoms with van der Waals surface area (Å²) in [5, 5.41) is 12.2. The van der Waals surface area contributed by atoms with E-state index in [-0.39, 0.29) is 5.91 Å². The molecule has 0 radical (unpaired) electrons. The van der Waals surface area contributed by atoms with Crippen molar-refractivity contribution in [1.29, 1.82) is 0 Å². The van der Waals surface area contributed by atoms with Gasteiger partial charge in [-0.15, -0.1) is 10.2 Å². The topological polar surface area (TPSA) is 64.1 Å². The average Bonchev–Trinajstić information content (AvgIpc) is 3.03. The number of aryl methyl sites for hydroxylation is 1. The summed E-state index contributed by atoms with van der Waals surface area (Å²) in [4.78, 5) is 12.2. The molecule has 0 fully saturated rings. The smallest absolute Gasteiger partial charge is 0.257 e. The zero-order valence-electron chi connectivity index (χ0n) is 13.5. The lowest BCUT2D eigenvalue weighted by atomic mass is 10.2. The molecule has 0 unspecified atom stereocenters. The van der Waals surface area contributed by atoms with Crippen molar-refractivity contribution in [3.8, 4) is 5.75 Å². The maximum atomic E-state index is 12.2. The van der Waals surface area contributed by atoms with Crippen molar-refractivity contribution in [1.82, 2.24) is 10.2 Å². The molecule has 2 aromatic carbocycles. The highest BCUT2D eigenvalue weighted by Gasteiger charge is 2.10. The van der Waals surface area contributed by atoms with Gasteiger partial charge in [0.15, 0.2) is 0 Å².